The highest BCUT2D eigenvalue weighted by Gasteiger charge is 2.13. The summed E-state index contributed by atoms with van der Waals surface area (Å²) < 4.78 is 5.27. The van der Waals surface area contributed by atoms with Crippen LogP contribution in [0.25, 0.3) is 0 Å². The van der Waals surface area contributed by atoms with E-state index in [4.69, 9.17) is 22.7 Å². The number of hydrazone groups is 1. The number of aromatic hydroxyl groups is 1. The summed E-state index contributed by atoms with van der Waals surface area (Å²) in [6.45, 7) is 0. The van der Waals surface area contributed by atoms with Crippen molar-refractivity contribution < 1.29 is 9.84 Å². The Bertz CT molecular complexity index is 673. The first-order valence-corrected chi connectivity index (χ1v) is 6.59. The van der Waals surface area contributed by atoms with E-state index in [-0.39, 0.29) is 10.9 Å². The quantitative estimate of drug-likeness (QED) is 0.516. The number of phenolic OH excluding ortho intramolecular Hbond substituents is 1. The van der Waals surface area contributed by atoms with E-state index in [1.807, 2.05) is 12.1 Å². The molecule has 3 N–H and O–H groups in total. The molecule has 0 amide bonds. The topological polar surface area (TPSA) is 71.1 Å². The molecule has 0 saturated heterocycles. The lowest BCUT2D eigenvalue weighted by Crippen LogP contribution is -2.31. The molecule has 0 atom stereocenters. The lowest BCUT2D eigenvalue weighted by Gasteiger charge is -2.19. The van der Waals surface area contributed by atoms with Gasteiger partial charge in [-0.05, 0) is 36.5 Å². The van der Waals surface area contributed by atoms with Crippen LogP contribution in [0.3, 0.4) is 0 Å². The van der Waals surface area contributed by atoms with Gasteiger partial charge in [0.2, 0.25) is 0 Å². The Labute approximate surface area is 128 Å². The number of ether oxygens (including phenoxy) is 1. The number of benzene rings is 2. The number of methoxy groups -OCH3 is 1. The number of thiocarbonyl (C=S) groups is 1. The van der Waals surface area contributed by atoms with Crippen molar-refractivity contribution in [3.05, 3.63) is 54.1 Å². The first-order chi connectivity index (χ1) is 10.1. The predicted molar refractivity (Wildman–Crippen MR) is 88.0 cm³/mol. The van der Waals surface area contributed by atoms with Gasteiger partial charge in [0, 0.05) is 5.56 Å². The molecule has 0 aliphatic heterocycles. The van der Waals surface area contributed by atoms with E-state index in [9.17, 15) is 5.11 Å². The summed E-state index contributed by atoms with van der Waals surface area (Å²) in [6.07, 6.45) is 1.49. The van der Waals surface area contributed by atoms with Crippen LogP contribution in [-0.2, 0) is 0 Å². The molecule has 0 heterocycles. The Morgan fingerprint density at radius 1 is 1.24 bits per heavy atom. The van der Waals surface area contributed by atoms with Crippen LogP contribution in [0.4, 0.5) is 5.69 Å². The molecule has 0 aromatic heterocycles. The van der Waals surface area contributed by atoms with Gasteiger partial charge in [0.15, 0.2) is 5.11 Å². The molecule has 0 radical (unpaired) electrons. The summed E-state index contributed by atoms with van der Waals surface area (Å²) in [6, 6.07) is 14.1. The minimum absolute atomic E-state index is 0.0752. The van der Waals surface area contributed by atoms with E-state index in [1.165, 1.54) is 11.2 Å². The zero-order valence-corrected chi connectivity index (χ0v) is 12.2. The minimum Gasteiger partial charge on any atom is -0.507 e. The summed E-state index contributed by atoms with van der Waals surface area (Å²) in [5.41, 5.74) is 6.91. The summed E-state index contributed by atoms with van der Waals surface area (Å²) in [4.78, 5) is 0. The Kier molecular flexibility index (Phi) is 4.73. The standard InChI is InChI=1S/C15H15N3O2S/c1-20-14-9-5-3-7-12(14)18(15(16)21)17-10-11-6-2-4-8-13(11)19/h2-10,19H,1H3,(H2,16,21)/b17-10+. The first-order valence-electron chi connectivity index (χ1n) is 6.18. The van der Waals surface area contributed by atoms with Gasteiger partial charge in [-0.15, -0.1) is 0 Å². The highest BCUT2D eigenvalue weighted by atomic mass is 32.1. The van der Waals surface area contributed by atoms with Crippen LogP contribution in [0.1, 0.15) is 5.56 Å². The van der Waals surface area contributed by atoms with Gasteiger partial charge >= 0.3 is 0 Å². The molecule has 0 saturated carbocycles. The number of anilines is 1. The van der Waals surface area contributed by atoms with Gasteiger partial charge in [0.1, 0.15) is 17.2 Å². The molecule has 2 rings (SSSR count). The molecular weight excluding hydrogens is 286 g/mol. The molecule has 0 unspecified atom stereocenters. The first kappa shape index (κ1) is 14.8. The van der Waals surface area contributed by atoms with Crippen molar-refractivity contribution in [1.82, 2.24) is 0 Å². The molecule has 108 valence electrons. The molecule has 6 heteroatoms. The molecule has 0 bridgehead atoms. The maximum Gasteiger partial charge on any atom is 0.191 e. The second kappa shape index (κ2) is 6.71. The zero-order chi connectivity index (χ0) is 15.2. The second-order valence-electron chi connectivity index (χ2n) is 4.13. The number of phenols is 1. The van der Waals surface area contributed by atoms with Gasteiger partial charge in [-0.3, -0.25) is 0 Å². The summed E-state index contributed by atoms with van der Waals surface area (Å²) >= 11 is 5.03. The van der Waals surface area contributed by atoms with Crippen molar-refractivity contribution in [2.45, 2.75) is 0 Å². The SMILES string of the molecule is COc1ccccc1N(/N=C/c1ccccc1O)C(N)=S. The predicted octanol–water partition coefficient (Wildman–Crippen LogP) is 2.48. The Morgan fingerprint density at radius 2 is 1.90 bits per heavy atom. The number of hydrogen-bond acceptors (Lipinski definition) is 4. The fourth-order valence-corrected chi connectivity index (χ4v) is 1.90. The smallest absolute Gasteiger partial charge is 0.191 e. The third-order valence-electron chi connectivity index (χ3n) is 2.77. The maximum absolute atomic E-state index is 9.73. The van der Waals surface area contributed by atoms with Crippen molar-refractivity contribution in [3.8, 4) is 11.5 Å². The molecule has 0 aliphatic carbocycles. The molecule has 2 aromatic rings. The summed E-state index contributed by atoms with van der Waals surface area (Å²) in [5.74, 6) is 0.726. The zero-order valence-electron chi connectivity index (χ0n) is 11.4. The van der Waals surface area contributed by atoms with Gasteiger partial charge in [0.25, 0.3) is 0 Å². The van der Waals surface area contributed by atoms with E-state index >= 15 is 0 Å². The van der Waals surface area contributed by atoms with Crippen LogP contribution in [0.2, 0.25) is 0 Å². The van der Waals surface area contributed by atoms with Crippen LogP contribution < -0.4 is 15.5 Å². The molecular formula is C15H15N3O2S. The largest absolute Gasteiger partial charge is 0.507 e. The van der Waals surface area contributed by atoms with Crippen molar-refractivity contribution in [2.24, 2.45) is 10.8 Å². The highest BCUT2D eigenvalue weighted by Crippen LogP contribution is 2.28. The molecule has 0 aliphatic rings. The van der Waals surface area contributed by atoms with Gasteiger partial charge in [-0.1, -0.05) is 24.3 Å². The van der Waals surface area contributed by atoms with Crippen LogP contribution in [0.15, 0.2) is 53.6 Å². The van der Waals surface area contributed by atoms with Gasteiger partial charge < -0.3 is 15.6 Å². The highest BCUT2D eigenvalue weighted by molar-refractivity contribution is 7.80. The Hall–Kier alpha value is -2.60. The monoisotopic (exact) mass is 301 g/mol. The van der Waals surface area contributed by atoms with E-state index in [2.05, 4.69) is 5.10 Å². The fraction of sp³-hybridized carbons (Fsp3) is 0.0667. The summed E-state index contributed by atoms with van der Waals surface area (Å²) in [7, 11) is 1.56. The Morgan fingerprint density at radius 3 is 2.57 bits per heavy atom. The van der Waals surface area contributed by atoms with Crippen LogP contribution in [0, 0.1) is 0 Å². The van der Waals surface area contributed by atoms with Gasteiger partial charge in [0.05, 0.1) is 13.3 Å². The van der Waals surface area contributed by atoms with Crippen LogP contribution >= 0.6 is 12.2 Å². The van der Waals surface area contributed by atoms with E-state index in [0.29, 0.717) is 17.0 Å². The minimum atomic E-state index is 0.0752. The van der Waals surface area contributed by atoms with E-state index in [1.54, 1.807) is 43.5 Å². The molecule has 0 fully saturated rings. The average molecular weight is 301 g/mol. The molecule has 0 spiro atoms. The van der Waals surface area contributed by atoms with Crippen molar-refractivity contribution in [2.75, 3.05) is 12.1 Å². The lowest BCUT2D eigenvalue weighted by atomic mass is 10.2. The van der Waals surface area contributed by atoms with Crippen molar-refractivity contribution >= 4 is 29.2 Å². The van der Waals surface area contributed by atoms with Gasteiger partial charge in [-0.25, -0.2) is 5.01 Å². The van der Waals surface area contributed by atoms with Crippen molar-refractivity contribution in [3.63, 3.8) is 0 Å². The van der Waals surface area contributed by atoms with Crippen LogP contribution in [0.5, 0.6) is 11.5 Å². The average Bonchev–Trinajstić information content (AvgIpc) is 2.49. The van der Waals surface area contributed by atoms with Gasteiger partial charge in [-0.2, -0.15) is 5.10 Å². The molecule has 5 nitrogen and oxygen atoms in total. The second-order valence-corrected chi connectivity index (χ2v) is 4.54. The number of nitrogens with zero attached hydrogens (tertiary/aromatic N) is 2. The van der Waals surface area contributed by atoms with Crippen molar-refractivity contribution in [1.29, 1.82) is 0 Å². The van der Waals surface area contributed by atoms with E-state index in [0.717, 1.165) is 0 Å². The third-order valence-corrected chi connectivity index (χ3v) is 2.94. The third kappa shape index (κ3) is 3.49. The molecule has 21 heavy (non-hydrogen) atoms. The fourth-order valence-electron chi connectivity index (χ4n) is 1.76. The lowest BCUT2D eigenvalue weighted by molar-refractivity contribution is 0.415. The number of rotatable bonds is 4. The Balaban J connectivity index is 2.37. The number of para-hydroxylation sites is 3. The van der Waals surface area contributed by atoms with E-state index < -0.39 is 0 Å². The molecule has 2 aromatic carbocycles. The summed E-state index contributed by atoms with van der Waals surface area (Å²) in [5, 5.41) is 15.4. The number of nitrogens with two attached hydrogens (primary N) is 1. The normalized spacial score (nSPS) is 10.5. The number of hydrogen-bond donors (Lipinski definition) is 2. The van der Waals surface area contributed by atoms with Crippen LogP contribution in [-0.4, -0.2) is 23.5 Å². The maximum atomic E-state index is 9.73.